The van der Waals surface area contributed by atoms with Crippen molar-refractivity contribution < 1.29 is 45.9 Å². The Kier molecular flexibility index (Phi) is 10.5. The summed E-state index contributed by atoms with van der Waals surface area (Å²) >= 11 is 0.630. The molecule has 1 atom stereocenters. The van der Waals surface area contributed by atoms with Crippen LogP contribution in [0, 0.1) is 0 Å². The number of rotatable bonds is 4. The van der Waals surface area contributed by atoms with Crippen LogP contribution in [0.1, 0.15) is 0 Å². The fourth-order valence-corrected chi connectivity index (χ4v) is 2.38. The number of carbonyl (C=O) groups is 2. The number of urea groups is 2. The molecule has 1 unspecified atom stereocenters. The minimum Gasteiger partial charge on any atom is -0.412 e. The van der Waals surface area contributed by atoms with Crippen molar-refractivity contribution in [2.24, 2.45) is 5.73 Å². The molecule has 8 heteroatoms. The molecule has 4 amide bonds. The summed E-state index contributed by atoms with van der Waals surface area (Å²) in [5, 5.41) is 4.37. The second-order valence-electron chi connectivity index (χ2n) is 2.35. The van der Waals surface area contributed by atoms with Gasteiger partial charge < -0.3 is 5.48 Å². The number of methoxy groups -OCH3 is 1. The zero-order valence-electron chi connectivity index (χ0n) is 8.00. The van der Waals surface area contributed by atoms with Crippen LogP contribution in [-0.4, -0.2) is 37.3 Å². The third kappa shape index (κ3) is 8.21. The average molecular weight is 393 g/mol. The predicted octanol–water partition coefficient (Wildman–Crippen LogP) is -1.48. The standard InChI is InChI=1S/C6H12N3O3.Hg.H2O/c1-4(12-2)3-8-6(11)9-5(7)10;;/h4H,1,3H2,2H3,(H4,7,8,9,10,11);;1H2. The van der Waals surface area contributed by atoms with Crippen LogP contribution >= 0.6 is 0 Å². The van der Waals surface area contributed by atoms with Gasteiger partial charge in [-0.25, -0.2) is 0 Å². The molecule has 0 spiro atoms. The van der Waals surface area contributed by atoms with E-state index in [0.717, 1.165) is 3.93 Å². The Morgan fingerprint density at radius 1 is 1.57 bits per heavy atom. The van der Waals surface area contributed by atoms with Gasteiger partial charge in [-0.2, -0.15) is 0 Å². The van der Waals surface area contributed by atoms with Gasteiger partial charge in [-0.15, -0.1) is 0 Å². The Labute approximate surface area is 98.0 Å². The summed E-state index contributed by atoms with van der Waals surface area (Å²) in [6.45, 7) is 0.402. The molecule has 0 aromatic rings. The summed E-state index contributed by atoms with van der Waals surface area (Å²) in [6, 6.07) is -1.45. The molecule has 0 aliphatic heterocycles. The summed E-state index contributed by atoms with van der Waals surface area (Å²) in [4.78, 5) is 21.0. The molecule has 0 saturated heterocycles. The average Bonchev–Trinajstić information content (AvgIpc) is 2.05. The number of hydrogen-bond acceptors (Lipinski definition) is 3. The Morgan fingerprint density at radius 3 is 2.50 bits per heavy atom. The number of imide groups is 1. The van der Waals surface area contributed by atoms with Gasteiger partial charge in [0.2, 0.25) is 0 Å². The van der Waals surface area contributed by atoms with E-state index in [-0.39, 0.29) is 11.6 Å². The Hall–Kier alpha value is -0.405. The number of carbonyl (C=O) groups excluding carboxylic acids is 2. The number of primary amides is 1. The van der Waals surface area contributed by atoms with E-state index >= 15 is 0 Å². The monoisotopic (exact) mass is 394 g/mol. The van der Waals surface area contributed by atoms with Crippen LogP contribution in [0.4, 0.5) is 9.59 Å². The van der Waals surface area contributed by atoms with E-state index < -0.39 is 12.1 Å². The van der Waals surface area contributed by atoms with Crippen LogP contribution in [0.2, 0.25) is 3.93 Å². The molecule has 0 aromatic carbocycles. The molecular formula is C6H14HgN3O4. The van der Waals surface area contributed by atoms with Gasteiger partial charge in [0.1, 0.15) is 0 Å². The van der Waals surface area contributed by atoms with Gasteiger partial charge in [0.05, 0.1) is 0 Å². The SMILES string of the molecule is COC([CH2][Hg])CNC(=O)NC(N)=O.O. The largest absolute Gasteiger partial charge is 0.412 e. The van der Waals surface area contributed by atoms with Crippen LogP contribution in [-0.2, 0) is 30.9 Å². The Balaban J connectivity index is 0. The van der Waals surface area contributed by atoms with Crippen LogP contribution in [0.3, 0.4) is 0 Å². The van der Waals surface area contributed by atoms with E-state index in [1.807, 2.05) is 5.32 Å². The maximum Gasteiger partial charge on any atom is -0.412 e. The molecule has 0 radical (unpaired) electrons. The molecule has 0 rings (SSSR count). The van der Waals surface area contributed by atoms with Gasteiger partial charge in [0, 0.05) is 0 Å². The van der Waals surface area contributed by atoms with Gasteiger partial charge in [-0.3, -0.25) is 0 Å². The number of ether oxygens (including phenoxy) is 1. The second-order valence-corrected chi connectivity index (χ2v) is 4.59. The zero-order chi connectivity index (χ0) is 10.3. The fraction of sp³-hybridized carbons (Fsp3) is 0.667. The molecule has 7 nitrogen and oxygen atoms in total. The van der Waals surface area contributed by atoms with Crippen molar-refractivity contribution in [3.8, 4) is 0 Å². The topological polar surface area (TPSA) is 125 Å². The van der Waals surface area contributed by atoms with E-state index in [1.165, 1.54) is 0 Å². The number of hydrogen-bond donors (Lipinski definition) is 3. The predicted molar refractivity (Wildman–Crippen MR) is 45.3 cm³/mol. The number of nitrogens with one attached hydrogen (secondary N) is 2. The van der Waals surface area contributed by atoms with E-state index in [0.29, 0.717) is 32.7 Å². The molecule has 0 aliphatic carbocycles. The summed E-state index contributed by atoms with van der Waals surface area (Å²) < 4.78 is 6.02. The van der Waals surface area contributed by atoms with Crippen LogP contribution in [0.15, 0.2) is 0 Å². The van der Waals surface area contributed by atoms with E-state index in [4.69, 9.17) is 10.5 Å². The van der Waals surface area contributed by atoms with Gasteiger partial charge in [-0.1, -0.05) is 0 Å². The second kappa shape index (κ2) is 9.16. The smallest absolute Gasteiger partial charge is 0.412 e. The maximum atomic E-state index is 10.8. The van der Waals surface area contributed by atoms with Crippen molar-refractivity contribution in [1.29, 1.82) is 0 Å². The first-order valence-corrected chi connectivity index (χ1v) is 7.65. The maximum absolute atomic E-state index is 10.8. The van der Waals surface area contributed by atoms with Gasteiger partial charge in [0.15, 0.2) is 0 Å². The van der Waals surface area contributed by atoms with Crippen molar-refractivity contribution >= 4 is 12.1 Å². The van der Waals surface area contributed by atoms with Crippen molar-refractivity contribution in [3.63, 3.8) is 0 Å². The summed E-state index contributed by atoms with van der Waals surface area (Å²) in [7, 11) is 1.59. The van der Waals surface area contributed by atoms with Gasteiger partial charge in [-0.05, 0) is 0 Å². The first kappa shape index (κ1) is 16.0. The molecule has 14 heavy (non-hydrogen) atoms. The Morgan fingerprint density at radius 2 is 2.14 bits per heavy atom. The van der Waals surface area contributed by atoms with Crippen molar-refractivity contribution in [1.82, 2.24) is 10.6 Å². The molecule has 0 heterocycles. The summed E-state index contributed by atoms with van der Waals surface area (Å²) in [5.74, 6) is 0. The molecule has 0 saturated carbocycles. The van der Waals surface area contributed by atoms with Crippen LogP contribution < -0.4 is 16.4 Å². The zero-order valence-corrected chi connectivity index (χ0v) is 13.5. The number of amides is 4. The molecule has 0 aliphatic rings. The van der Waals surface area contributed by atoms with Crippen LogP contribution in [0.5, 0.6) is 0 Å². The third-order valence-corrected chi connectivity index (χ3v) is 3.89. The van der Waals surface area contributed by atoms with E-state index in [9.17, 15) is 9.59 Å². The number of nitrogens with two attached hydrogens (primary N) is 1. The molecule has 6 N–H and O–H groups in total. The molecular weight excluding hydrogens is 379 g/mol. The van der Waals surface area contributed by atoms with E-state index in [1.54, 1.807) is 7.11 Å². The van der Waals surface area contributed by atoms with Crippen molar-refractivity contribution in [2.75, 3.05) is 13.7 Å². The van der Waals surface area contributed by atoms with Crippen molar-refractivity contribution in [2.45, 2.75) is 10.0 Å². The first-order valence-electron chi connectivity index (χ1n) is 3.76. The Bertz CT molecular complexity index is 186. The first-order chi connectivity index (χ1) is 6.10. The third-order valence-electron chi connectivity index (χ3n) is 1.38. The van der Waals surface area contributed by atoms with Crippen molar-refractivity contribution in [3.05, 3.63) is 0 Å². The summed E-state index contributed by atoms with van der Waals surface area (Å²) in [6.07, 6.45) is 0.0435. The van der Waals surface area contributed by atoms with Crippen LogP contribution in [0.25, 0.3) is 0 Å². The molecule has 0 bridgehead atoms. The summed E-state index contributed by atoms with van der Waals surface area (Å²) in [5.41, 5.74) is 4.73. The quantitative estimate of drug-likeness (QED) is 0.505. The minimum absolute atomic E-state index is 0. The molecule has 0 fully saturated rings. The molecule has 0 aromatic heterocycles. The van der Waals surface area contributed by atoms with E-state index in [2.05, 4.69) is 5.32 Å². The normalized spacial score (nSPS) is 11.1. The molecule has 79 valence electrons. The minimum atomic E-state index is -0.860. The fourth-order valence-electron chi connectivity index (χ4n) is 0.666. The van der Waals surface area contributed by atoms with Gasteiger partial charge in [0.25, 0.3) is 0 Å². The van der Waals surface area contributed by atoms with Gasteiger partial charge >= 0.3 is 92.6 Å².